The highest BCUT2D eigenvalue weighted by Gasteiger charge is 2.55. The molecule has 4 heteroatoms. The van der Waals surface area contributed by atoms with E-state index >= 15 is 0 Å². The summed E-state index contributed by atoms with van der Waals surface area (Å²) in [7, 11) is 0. The third-order valence-corrected chi connectivity index (χ3v) is 2.67. The van der Waals surface area contributed by atoms with Crippen LogP contribution in [0.25, 0.3) is 0 Å². The molecule has 1 aliphatic rings. The quantitative estimate of drug-likeness (QED) is 0.615. The molecule has 0 unspecified atom stereocenters. The van der Waals surface area contributed by atoms with Crippen LogP contribution in [0.15, 0.2) is 0 Å². The second-order valence-corrected chi connectivity index (χ2v) is 5.89. The van der Waals surface area contributed by atoms with Gasteiger partial charge in [-0.05, 0) is 11.8 Å². The molecule has 64 valence electrons. The van der Waals surface area contributed by atoms with Crippen LogP contribution in [0.4, 0.5) is 0 Å². The van der Waals surface area contributed by atoms with Crippen LogP contribution >= 0.6 is 34.8 Å². The second-order valence-electron chi connectivity index (χ2n) is 3.61. The van der Waals surface area contributed by atoms with E-state index in [0.717, 1.165) is 6.42 Å². The van der Waals surface area contributed by atoms with Crippen LogP contribution in [-0.4, -0.2) is 9.58 Å². The molecular weight excluding hydrogens is 206 g/mol. The van der Waals surface area contributed by atoms with Crippen molar-refractivity contribution in [1.82, 2.24) is 0 Å². The van der Waals surface area contributed by atoms with Crippen molar-refractivity contribution in [3.63, 3.8) is 0 Å². The third-order valence-electron chi connectivity index (χ3n) is 2.11. The molecular formula is C7H9Cl3O. The number of alkyl halides is 3. The molecule has 0 heterocycles. The van der Waals surface area contributed by atoms with Crippen molar-refractivity contribution in [2.45, 2.75) is 24.1 Å². The Hall–Kier alpha value is 0.540. The van der Waals surface area contributed by atoms with Crippen molar-refractivity contribution in [2.24, 2.45) is 11.3 Å². The number of Topliss-reactive ketones (excluding diaryl/α,β-unsaturated/α-hetero) is 1. The van der Waals surface area contributed by atoms with Crippen LogP contribution in [0.1, 0.15) is 20.3 Å². The number of hydrogen-bond donors (Lipinski definition) is 0. The molecule has 1 saturated carbocycles. The zero-order chi connectivity index (χ0) is 8.86. The molecule has 0 aromatic rings. The summed E-state index contributed by atoms with van der Waals surface area (Å²) in [5.41, 5.74) is 0.0427. The fraction of sp³-hybridized carbons (Fsp3) is 0.857. The lowest BCUT2D eigenvalue weighted by molar-refractivity contribution is -0.120. The first kappa shape index (κ1) is 9.63. The van der Waals surface area contributed by atoms with E-state index in [2.05, 4.69) is 0 Å². The van der Waals surface area contributed by atoms with Gasteiger partial charge in [0.15, 0.2) is 5.78 Å². The summed E-state index contributed by atoms with van der Waals surface area (Å²) < 4.78 is -1.72. The number of ketones is 1. The van der Waals surface area contributed by atoms with Crippen molar-refractivity contribution in [1.29, 1.82) is 0 Å². The number of rotatable bonds is 1. The fourth-order valence-electron chi connectivity index (χ4n) is 1.11. The summed E-state index contributed by atoms with van der Waals surface area (Å²) >= 11 is 16.3. The van der Waals surface area contributed by atoms with E-state index in [1.54, 1.807) is 0 Å². The van der Waals surface area contributed by atoms with Gasteiger partial charge in [0.25, 0.3) is 0 Å². The van der Waals surface area contributed by atoms with Gasteiger partial charge in [0.1, 0.15) is 0 Å². The Balaban J connectivity index is 2.60. The number of halogens is 3. The Bertz CT molecular complexity index is 192. The third kappa shape index (κ3) is 2.01. The van der Waals surface area contributed by atoms with Gasteiger partial charge in [-0.1, -0.05) is 48.7 Å². The predicted octanol–water partition coefficient (Wildman–Crippen LogP) is 2.97. The van der Waals surface area contributed by atoms with E-state index in [1.807, 2.05) is 13.8 Å². The average Bonchev–Trinajstić information content (AvgIpc) is 2.36. The molecule has 1 nitrogen and oxygen atoms in total. The highest BCUT2D eigenvalue weighted by atomic mass is 35.6. The normalized spacial score (nSPS) is 28.3. The maximum atomic E-state index is 11.2. The van der Waals surface area contributed by atoms with Gasteiger partial charge in [-0.15, -0.1) is 0 Å². The first-order valence-electron chi connectivity index (χ1n) is 3.36. The minimum absolute atomic E-state index is 0.0427. The highest BCUT2D eigenvalue weighted by Crippen LogP contribution is 2.55. The molecule has 0 amide bonds. The van der Waals surface area contributed by atoms with Gasteiger partial charge in [0, 0.05) is 5.92 Å². The molecule has 0 aliphatic heterocycles. The van der Waals surface area contributed by atoms with Crippen molar-refractivity contribution in [3.05, 3.63) is 0 Å². The number of hydrogen-bond acceptors (Lipinski definition) is 1. The molecule has 1 fully saturated rings. The minimum atomic E-state index is -1.72. The molecule has 0 saturated heterocycles. The van der Waals surface area contributed by atoms with Gasteiger partial charge in [-0.2, -0.15) is 0 Å². The summed E-state index contributed by atoms with van der Waals surface area (Å²) in [5, 5.41) is 0. The summed E-state index contributed by atoms with van der Waals surface area (Å²) in [6.45, 7) is 3.98. The topological polar surface area (TPSA) is 17.1 Å². The second kappa shape index (κ2) is 2.51. The van der Waals surface area contributed by atoms with Crippen molar-refractivity contribution >= 4 is 40.6 Å². The van der Waals surface area contributed by atoms with Gasteiger partial charge in [-0.3, -0.25) is 4.79 Å². The SMILES string of the molecule is CC1(C)C[C@@H]1C(=O)C(Cl)(Cl)Cl. The Morgan fingerprint density at radius 3 is 1.91 bits per heavy atom. The Morgan fingerprint density at radius 2 is 1.82 bits per heavy atom. The monoisotopic (exact) mass is 214 g/mol. The van der Waals surface area contributed by atoms with Crippen LogP contribution in [0.5, 0.6) is 0 Å². The van der Waals surface area contributed by atoms with E-state index < -0.39 is 3.79 Å². The van der Waals surface area contributed by atoms with Crippen molar-refractivity contribution in [3.8, 4) is 0 Å². The van der Waals surface area contributed by atoms with E-state index in [1.165, 1.54) is 0 Å². The molecule has 0 spiro atoms. The maximum absolute atomic E-state index is 11.2. The lowest BCUT2D eigenvalue weighted by Crippen LogP contribution is -2.22. The Kier molecular flexibility index (Phi) is 2.20. The molecule has 1 rings (SSSR count). The van der Waals surface area contributed by atoms with Crippen LogP contribution in [0.3, 0.4) is 0 Å². The minimum Gasteiger partial charge on any atom is -0.295 e. The average molecular weight is 216 g/mol. The van der Waals surface area contributed by atoms with Crippen LogP contribution in [0, 0.1) is 11.3 Å². The zero-order valence-corrected chi connectivity index (χ0v) is 8.59. The lowest BCUT2D eigenvalue weighted by atomic mass is 10.1. The standard InChI is InChI=1S/C7H9Cl3O/c1-6(2)3-4(6)5(11)7(8,9)10/h4H,3H2,1-2H3/t4-/m1/s1. The van der Waals surface area contributed by atoms with E-state index in [4.69, 9.17) is 34.8 Å². The van der Waals surface area contributed by atoms with E-state index in [9.17, 15) is 4.79 Å². The molecule has 0 N–H and O–H groups in total. The molecule has 1 atom stereocenters. The summed E-state index contributed by atoms with van der Waals surface area (Å²) in [6.07, 6.45) is 0.833. The van der Waals surface area contributed by atoms with Crippen LogP contribution in [-0.2, 0) is 4.79 Å². The van der Waals surface area contributed by atoms with Gasteiger partial charge >= 0.3 is 0 Å². The molecule has 0 aromatic heterocycles. The van der Waals surface area contributed by atoms with Crippen molar-refractivity contribution < 1.29 is 4.79 Å². The lowest BCUT2D eigenvalue weighted by Gasteiger charge is -2.09. The maximum Gasteiger partial charge on any atom is 0.248 e. The predicted molar refractivity (Wildman–Crippen MR) is 47.2 cm³/mol. The van der Waals surface area contributed by atoms with Gasteiger partial charge in [0.05, 0.1) is 0 Å². The summed E-state index contributed by atoms with van der Waals surface area (Å²) in [6, 6.07) is 0. The van der Waals surface area contributed by atoms with Gasteiger partial charge in [-0.25, -0.2) is 0 Å². The van der Waals surface area contributed by atoms with Gasteiger partial charge in [0.2, 0.25) is 3.79 Å². The number of carbonyl (C=O) groups is 1. The van der Waals surface area contributed by atoms with Crippen molar-refractivity contribution in [2.75, 3.05) is 0 Å². The Labute approximate surface area is 81.0 Å². The van der Waals surface area contributed by atoms with E-state index in [-0.39, 0.29) is 17.1 Å². The zero-order valence-electron chi connectivity index (χ0n) is 6.33. The summed E-state index contributed by atoms with van der Waals surface area (Å²) in [4.78, 5) is 11.2. The van der Waals surface area contributed by atoms with Crippen LogP contribution < -0.4 is 0 Å². The molecule has 0 aromatic carbocycles. The van der Waals surface area contributed by atoms with Gasteiger partial charge < -0.3 is 0 Å². The largest absolute Gasteiger partial charge is 0.295 e. The molecule has 11 heavy (non-hydrogen) atoms. The number of carbonyl (C=O) groups excluding carboxylic acids is 1. The smallest absolute Gasteiger partial charge is 0.248 e. The Morgan fingerprint density at radius 1 is 1.45 bits per heavy atom. The first-order chi connectivity index (χ1) is 4.75. The molecule has 0 bridgehead atoms. The first-order valence-corrected chi connectivity index (χ1v) is 4.49. The highest BCUT2D eigenvalue weighted by molar-refractivity contribution is 6.76. The molecule has 0 radical (unpaired) electrons. The fourth-order valence-corrected chi connectivity index (χ4v) is 1.51. The summed E-state index contributed by atoms with van der Waals surface area (Å²) in [5.74, 6) is -0.331. The van der Waals surface area contributed by atoms with E-state index in [0.29, 0.717) is 0 Å². The molecule has 1 aliphatic carbocycles. The van der Waals surface area contributed by atoms with Crippen LogP contribution in [0.2, 0.25) is 0 Å².